The van der Waals surface area contributed by atoms with Gasteiger partial charge in [0, 0.05) is 23.9 Å². The molecule has 0 aliphatic carbocycles. The molecular weight excluding hydrogens is 232 g/mol. The van der Waals surface area contributed by atoms with Crippen LogP contribution < -0.4 is 5.32 Å². The second kappa shape index (κ2) is 7.80. The van der Waals surface area contributed by atoms with Crippen LogP contribution in [0.5, 0.6) is 0 Å². The van der Waals surface area contributed by atoms with Crippen LogP contribution in [0.2, 0.25) is 0 Å². The fraction of sp³-hybridized carbons (Fsp3) is 0.769. The van der Waals surface area contributed by atoms with Gasteiger partial charge in [-0.05, 0) is 13.0 Å². The second-order valence-electron chi connectivity index (χ2n) is 4.85. The minimum absolute atomic E-state index is 0.518. The van der Waals surface area contributed by atoms with Crippen molar-refractivity contribution < 1.29 is 4.74 Å². The molecule has 1 N–H and O–H groups in total. The van der Waals surface area contributed by atoms with E-state index in [-0.39, 0.29) is 0 Å². The van der Waals surface area contributed by atoms with Gasteiger partial charge in [0.1, 0.15) is 0 Å². The molecule has 0 unspecified atom stereocenters. The van der Waals surface area contributed by atoms with Crippen LogP contribution in [0.15, 0.2) is 5.38 Å². The van der Waals surface area contributed by atoms with Crippen molar-refractivity contribution in [3.63, 3.8) is 0 Å². The van der Waals surface area contributed by atoms with Gasteiger partial charge in [-0.15, -0.1) is 11.3 Å². The second-order valence-corrected chi connectivity index (χ2v) is 5.74. The molecule has 0 fully saturated rings. The van der Waals surface area contributed by atoms with Crippen LogP contribution in [0.25, 0.3) is 0 Å². The van der Waals surface area contributed by atoms with Crippen LogP contribution in [0, 0.1) is 0 Å². The Bertz CT molecular complexity index is 310. The molecule has 3 nitrogen and oxygen atoms in total. The Kier molecular flexibility index (Phi) is 6.70. The fourth-order valence-electron chi connectivity index (χ4n) is 1.40. The first-order chi connectivity index (χ1) is 8.09. The zero-order chi connectivity index (χ0) is 12.7. The number of aromatic nitrogens is 1. The number of rotatable bonds is 8. The molecule has 0 aromatic carbocycles. The standard InChI is InChI=1S/C13H24N2OS/c1-10(2)13-15-12(9-17-13)8-16-7-5-6-14-11(3)4/h9-11,14H,5-8H2,1-4H3. The normalized spacial score (nSPS) is 11.6. The topological polar surface area (TPSA) is 34.1 Å². The maximum Gasteiger partial charge on any atom is 0.0954 e. The monoisotopic (exact) mass is 256 g/mol. The lowest BCUT2D eigenvalue weighted by molar-refractivity contribution is 0.116. The van der Waals surface area contributed by atoms with Crippen LogP contribution in [0.3, 0.4) is 0 Å². The van der Waals surface area contributed by atoms with E-state index in [1.807, 2.05) is 0 Å². The molecule has 0 saturated carbocycles. The summed E-state index contributed by atoms with van der Waals surface area (Å²) in [4.78, 5) is 4.53. The Morgan fingerprint density at radius 2 is 2.12 bits per heavy atom. The lowest BCUT2D eigenvalue weighted by atomic mass is 10.2. The Morgan fingerprint density at radius 3 is 2.71 bits per heavy atom. The molecule has 17 heavy (non-hydrogen) atoms. The first-order valence-corrected chi connectivity index (χ1v) is 7.23. The summed E-state index contributed by atoms with van der Waals surface area (Å²) >= 11 is 1.73. The molecule has 1 aromatic heterocycles. The van der Waals surface area contributed by atoms with E-state index in [1.165, 1.54) is 5.01 Å². The van der Waals surface area contributed by atoms with Gasteiger partial charge < -0.3 is 10.1 Å². The third kappa shape index (κ3) is 6.15. The van der Waals surface area contributed by atoms with Gasteiger partial charge in [-0.25, -0.2) is 4.98 Å². The van der Waals surface area contributed by atoms with Crippen molar-refractivity contribution in [2.24, 2.45) is 0 Å². The van der Waals surface area contributed by atoms with Crippen molar-refractivity contribution in [1.29, 1.82) is 0 Å². The van der Waals surface area contributed by atoms with E-state index in [0.717, 1.165) is 25.3 Å². The average Bonchev–Trinajstić information content (AvgIpc) is 2.71. The molecule has 0 saturated heterocycles. The molecule has 0 spiro atoms. The van der Waals surface area contributed by atoms with Crippen molar-refractivity contribution in [3.8, 4) is 0 Å². The molecule has 0 radical (unpaired) electrons. The summed E-state index contributed by atoms with van der Waals surface area (Å²) in [6, 6.07) is 0.558. The first-order valence-electron chi connectivity index (χ1n) is 6.35. The van der Waals surface area contributed by atoms with Crippen LogP contribution >= 0.6 is 11.3 Å². The fourth-order valence-corrected chi connectivity index (χ4v) is 2.22. The predicted octanol–water partition coefficient (Wildman–Crippen LogP) is 3.17. The summed E-state index contributed by atoms with van der Waals surface area (Å²) in [5.41, 5.74) is 1.07. The average molecular weight is 256 g/mol. The number of thiazole rings is 1. The van der Waals surface area contributed by atoms with E-state index < -0.39 is 0 Å². The third-order valence-corrected chi connectivity index (χ3v) is 3.53. The van der Waals surface area contributed by atoms with Crippen molar-refractivity contribution in [1.82, 2.24) is 10.3 Å². The van der Waals surface area contributed by atoms with Gasteiger partial charge in [-0.3, -0.25) is 0 Å². The summed E-state index contributed by atoms with van der Waals surface area (Å²) in [6.07, 6.45) is 1.05. The van der Waals surface area contributed by atoms with Gasteiger partial charge in [0.15, 0.2) is 0 Å². The van der Waals surface area contributed by atoms with Crippen LogP contribution in [0.4, 0.5) is 0 Å². The Morgan fingerprint density at radius 1 is 1.35 bits per heavy atom. The van der Waals surface area contributed by atoms with Crippen molar-refractivity contribution in [2.45, 2.75) is 52.7 Å². The molecule has 98 valence electrons. The van der Waals surface area contributed by atoms with E-state index in [4.69, 9.17) is 4.74 Å². The summed E-state index contributed by atoms with van der Waals surface area (Å²) < 4.78 is 5.60. The minimum Gasteiger partial charge on any atom is -0.375 e. The SMILES string of the molecule is CC(C)NCCCOCc1csc(C(C)C)n1. The van der Waals surface area contributed by atoms with Gasteiger partial charge in [0.2, 0.25) is 0 Å². The highest BCUT2D eigenvalue weighted by atomic mass is 32.1. The molecule has 4 heteroatoms. The summed E-state index contributed by atoms with van der Waals surface area (Å²) in [5, 5.41) is 6.67. The van der Waals surface area contributed by atoms with Crippen LogP contribution in [0.1, 0.15) is 50.7 Å². The molecule has 0 amide bonds. The number of nitrogens with one attached hydrogen (secondary N) is 1. The molecule has 0 aliphatic rings. The number of hydrogen-bond acceptors (Lipinski definition) is 4. The lowest BCUT2D eigenvalue weighted by Crippen LogP contribution is -2.24. The third-order valence-electron chi connectivity index (χ3n) is 2.33. The van der Waals surface area contributed by atoms with Crippen molar-refractivity contribution in [3.05, 3.63) is 16.1 Å². The maximum absolute atomic E-state index is 5.60. The molecule has 1 rings (SSSR count). The maximum atomic E-state index is 5.60. The van der Waals surface area contributed by atoms with Crippen molar-refractivity contribution >= 4 is 11.3 Å². The van der Waals surface area contributed by atoms with E-state index in [0.29, 0.717) is 18.6 Å². The van der Waals surface area contributed by atoms with Gasteiger partial charge >= 0.3 is 0 Å². The predicted molar refractivity (Wildman–Crippen MR) is 73.6 cm³/mol. The van der Waals surface area contributed by atoms with E-state index in [9.17, 15) is 0 Å². The Hall–Kier alpha value is -0.450. The number of ether oxygens (including phenoxy) is 1. The van der Waals surface area contributed by atoms with Crippen LogP contribution in [-0.2, 0) is 11.3 Å². The lowest BCUT2D eigenvalue weighted by Gasteiger charge is -2.07. The minimum atomic E-state index is 0.518. The molecule has 0 bridgehead atoms. The van der Waals surface area contributed by atoms with Gasteiger partial charge in [-0.2, -0.15) is 0 Å². The van der Waals surface area contributed by atoms with Crippen LogP contribution in [-0.4, -0.2) is 24.2 Å². The highest BCUT2D eigenvalue weighted by Gasteiger charge is 2.05. The van der Waals surface area contributed by atoms with Gasteiger partial charge in [-0.1, -0.05) is 27.7 Å². The summed E-state index contributed by atoms with van der Waals surface area (Å²) in [6.45, 7) is 11.1. The Labute approximate surface area is 109 Å². The van der Waals surface area contributed by atoms with E-state index in [2.05, 4.69) is 43.4 Å². The first kappa shape index (κ1) is 14.6. The molecule has 1 heterocycles. The van der Waals surface area contributed by atoms with E-state index in [1.54, 1.807) is 11.3 Å². The summed E-state index contributed by atoms with van der Waals surface area (Å²) in [5.74, 6) is 0.518. The number of hydrogen-bond donors (Lipinski definition) is 1. The quantitative estimate of drug-likeness (QED) is 0.725. The largest absolute Gasteiger partial charge is 0.375 e. The van der Waals surface area contributed by atoms with Gasteiger partial charge in [0.25, 0.3) is 0 Å². The van der Waals surface area contributed by atoms with E-state index >= 15 is 0 Å². The van der Waals surface area contributed by atoms with Gasteiger partial charge in [0.05, 0.1) is 17.3 Å². The molecular formula is C13H24N2OS. The molecule has 1 aromatic rings. The molecule has 0 aliphatic heterocycles. The number of nitrogens with zero attached hydrogens (tertiary/aromatic N) is 1. The zero-order valence-electron chi connectivity index (χ0n) is 11.3. The zero-order valence-corrected chi connectivity index (χ0v) is 12.1. The Balaban J connectivity index is 2.09. The smallest absolute Gasteiger partial charge is 0.0954 e. The highest BCUT2D eigenvalue weighted by Crippen LogP contribution is 2.19. The van der Waals surface area contributed by atoms with Crippen molar-refractivity contribution in [2.75, 3.05) is 13.2 Å². The summed E-state index contributed by atoms with van der Waals surface area (Å²) in [7, 11) is 0. The highest BCUT2D eigenvalue weighted by molar-refractivity contribution is 7.09. The molecule has 0 atom stereocenters.